The van der Waals surface area contributed by atoms with Gasteiger partial charge in [-0.15, -0.1) is 0 Å². The van der Waals surface area contributed by atoms with Gasteiger partial charge in [0, 0.05) is 0 Å². The van der Waals surface area contributed by atoms with Crippen molar-refractivity contribution in [3.63, 3.8) is 0 Å². The van der Waals surface area contributed by atoms with Crippen molar-refractivity contribution in [2.75, 3.05) is 0 Å². The average Bonchev–Trinajstić information content (AvgIpc) is 2.17. The summed E-state index contributed by atoms with van der Waals surface area (Å²) in [6.07, 6.45) is 1.81. The molecule has 0 atom stereocenters. The molecule has 0 aromatic carbocycles. The third-order valence-electron chi connectivity index (χ3n) is 0.961. The van der Waals surface area contributed by atoms with E-state index in [-0.39, 0.29) is 0 Å². The maximum atomic E-state index is 4.12. The fraction of sp³-hybridized carbons (Fsp3) is 0.500. The zero-order chi connectivity index (χ0) is 6.69. The predicted octanol–water partition coefficient (Wildman–Crippen LogP) is 0.678. The van der Waals surface area contributed by atoms with E-state index in [0.717, 1.165) is 4.73 Å². The summed E-state index contributed by atoms with van der Waals surface area (Å²) in [6, 6.07) is 0. The molecule has 5 heteroatoms. The Morgan fingerprint density at radius 2 is 2.67 bits per heavy atom. The van der Waals surface area contributed by atoms with Gasteiger partial charge in [-0.25, -0.2) is 0 Å². The molecule has 0 spiro atoms. The van der Waals surface area contributed by atoms with Crippen LogP contribution in [0.3, 0.4) is 0 Å². The van der Waals surface area contributed by atoms with Crippen molar-refractivity contribution in [2.24, 2.45) is 0 Å². The second kappa shape index (κ2) is 3.65. The Morgan fingerprint density at radius 3 is 3.11 bits per heavy atom. The molecule has 0 unspecified atom stereocenters. The van der Waals surface area contributed by atoms with Gasteiger partial charge in [-0.1, -0.05) is 0 Å². The number of nitrogens with zero attached hydrogens (tertiary/aromatic N) is 3. The van der Waals surface area contributed by atoms with Gasteiger partial charge in [-0.05, 0) is 0 Å². The quantitative estimate of drug-likeness (QED) is 0.706. The van der Waals surface area contributed by atoms with E-state index in [1.54, 1.807) is 0 Å². The van der Waals surface area contributed by atoms with Gasteiger partial charge in [0.05, 0.1) is 0 Å². The summed E-state index contributed by atoms with van der Waals surface area (Å²) in [5.41, 5.74) is 0. The van der Waals surface area contributed by atoms with Crippen molar-refractivity contribution in [3.8, 4) is 0 Å². The Kier molecular flexibility index (Phi) is 3.10. The number of rotatable bonds is 2. The van der Waals surface area contributed by atoms with Crippen molar-refractivity contribution in [1.29, 1.82) is 0 Å². The van der Waals surface area contributed by atoms with Gasteiger partial charge < -0.3 is 0 Å². The molecule has 48 valence electrons. The summed E-state index contributed by atoms with van der Waals surface area (Å²) in [4.78, 5) is 3.96. The Hall–Kier alpha value is 0.542. The van der Waals surface area contributed by atoms with Gasteiger partial charge in [0.25, 0.3) is 0 Å². The maximum absolute atomic E-state index is 4.12. The van der Waals surface area contributed by atoms with Crippen molar-refractivity contribution in [2.45, 2.75) is 10.9 Å². The molecule has 0 N–H and O–H groups in total. The van der Waals surface area contributed by atoms with Crippen LogP contribution in [0, 0.1) is 0 Å². The molecule has 0 aliphatic carbocycles. The van der Waals surface area contributed by atoms with Crippen LogP contribution in [0.15, 0.2) is 11.1 Å². The third-order valence-corrected chi connectivity index (χ3v) is 6.03. The van der Waals surface area contributed by atoms with E-state index in [2.05, 4.69) is 32.9 Å². The molecular weight excluding hydrogens is 374 g/mol. The fourth-order valence-electron chi connectivity index (χ4n) is 0.609. The molecule has 1 aromatic rings. The number of hydrogen-bond donors (Lipinski definition) is 0. The second-order valence-corrected chi connectivity index (χ2v) is 10.6. The van der Waals surface area contributed by atoms with E-state index in [1.165, 1.54) is 3.98 Å². The minimum atomic E-state index is -0.833. The molecule has 0 amide bonds. The summed E-state index contributed by atoms with van der Waals surface area (Å²) in [5.74, 6) is 0. The Labute approximate surface area is 74.6 Å². The average molecular weight is 381 g/mol. The van der Waals surface area contributed by atoms with Crippen molar-refractivity contribution >= 4 is 40.5 Å². The zero-order valence-electron chi connectivity index (χ0n) is 5.21. The summed E-state index contributed by atoms with van der Waals surface area (Å²) < 4.78 is 4.07. The third kappa shape index (κ3) is 2.32. The molecule has 0 saturated carbocycles. The minimum absolute atomic E-state index is 0.718. The molecule has 3 nitrogen and oxygen atoms in total. The number of hydrogen-bond acceptors (Lipinski definition) is 2. The van der Waals surface area contributed by atoms with E-state index in [4.69, 9.17) is 0 Å². The standard InChI is InChI=1S/C2HBrN3.C2H5.Tl.H/c3-2-4-1-5-6-2;1-2;;/h1H;1H2,2H3;;/q-1;;+1;. The van der Waals surface area contributed by atoms with E-state index < -0.39 is 24.5 Å². The summed E-state index contributed by atoms with van der Waals surface area (Å²) >= 11 is 2.36. The molecule has 0 aliphatic rings. The first kappa shape index (κ1) is 7.65. The van der Waals surface area contributed by atoms with Crippen LogP contribution in [0.4, 0.5) is 0 Å². The van der Waals surface area contributed by atoms with E-state index in [9.17, 15) is 0 Å². The van der Waals surface area contributed by atoms with Crippen LogP contribution in [-0.4, -0.2) is 37.1 Å². The number of halogens is 1. The van der Waals surface area contributed by atoms with Crippen LogP contribution < -0.4 is 0 Å². The Morgan fingerprint density at radius 1 is 1.89 bits per heavy atom. The normalized spacial score (nSPS) is 9.56. The summed E-state index contributed by atoms with van der Waals surface area (Å²) in [7, 11) is 0. The van der Waals surface area contributed by atoms with Crippen LogP contribution in [0.5, 0.6) is 0 Å². The second-order valence-electron chi connectivity index (χ2n) is 1.78. The van der Waals surface area contributed by atoms with Crippen LogP contribution in [0.2, 0.25) is 3.98 Å². The SMILES string of the molecule is C[CH2][TlH][n]1cnc(Br)n1. The first-order valence-electron chi connectivity index (χ1n) is 2.88. The van der Waals surface area contributed by atoms with Gasteiger partial charge in [0.1, 0.15) is 0 Å². The van der Waals surface area contributed by atoms with Crippen molar-refractivity contribution in [1.82, 2.24) is 12.6 Å². The molecule has 0 aliphatic heterocycles. The molecule has 1 heterocycles. The van der Waals surface area contributed by atoms with Crippen molar-refractivity contribution in [3.05, 3.63) is 11.1 Å². The van der Waals surface area contributed by atoms with Gasteiger partial charge in [-0.3, -0.25) is 0 Å². The summed E-state index contributed by atoms with van der Waals surface area (Å²) in [5, 5.41) is 4.12. The van der Waals surface area contributed by atoms with Crippen LogP contribution >= 0.6 is 15.9 Å². The van der Waals surface area contributed by atoms with Crippen LogP contribution in [0.1, 0.15) is 6.92 Å². The van der Waals surface area contributed by atoms with Gasteiger partial charge in [-0.2, -0.15) is 0 Å². The van der Waals surface area contributed by atoms with Gasteiger partial charge >= 0.3 is 75.0 Å². The first-order chi connectivity index (χ1) is 4.33. The first-order valence-corrected chi connectivity index (χ1v) is 10.0. The molecule has 1 aromatic heterocycles. The predicted molar refractivity (Wildman–Crippen MR) is 40.8 cm³/mol. The van der Waals surface area contributed by atoms with E-state index in [1.807, 2.05) is 8.82 Å². The molecule has 9 heavy (non-hydrogen) atoms. The van der Waals surface area contributed by atoms with Crippen LogP contribution in [0.25, 0.3) is 0 Å². The van der Waals surface area contributed by atoms with E-state index in [0.29, 0.717) is 0 Å². The topological polar surface area (TPSA) is 30.7 Å². The molecule has 1 rings (SSSR count). The Balaban J connectivity index is 2.61. The van der Waals surface area contributed by atoms with E-state index >= 15 is 0 Å². The molecule has 0 bridgehead atoms. The molecular formula is C4H7BrN3Tl. The fourth-order valence-corrected chi connectivity index (χ4v) is 5.17. The van der Waals surface area contributed by atoms with Crippen LogP contribution in [-0.2, 0) is 0 Å². The number of aromatic nitrogens is 3. The summed E-state index contributed by atoms with van der Waals surface area (Å²) in [6.45, 7) is 2.21. The van der Waals surface area contributed by atoms with Gasteiger partial charge in [0.2, 0.25) is 0 Å². The van der Waals surface area contributed by atoms with Crippen molar-refractivity contribution < 1.29 is 0 Å². The Bertz CT molecular complexity index is 188. The van der Waals surface area contributed by atoms with Gasteiger partial charge in [0.15, 0.2) is 0 Å². The monoisotopic (exact) mass is 381 g/mol. The molecule has 0 radical (unpaired) electrons. The molecule has 0 fully saturated rings. The molecule has 0 saturated heterocycles. The zero-order valence-corrected chi connectivity index (χ0v) is 12.3.